The highest BCUT2D eigenvalue weighted by Gasteiger charge is 2.42. The number of hydrazine groups is 1. The highest BCUT2D eigenvalue weighted by Crippen LogP contribution is 2.35. The summed E-state index contributed by atoms with van der Waals surface area (Å²) in [6, 6.07) is -0.602. The maximum Gasteiger partial charge on any atom is 0.332 e. The summed E-state index contributed by atoms with van der Waals surface area (Å²) >= 11 is 1.03. The van der Waals surface area contributed by atoms with Crippen LogP contribution in [0, 0.1) is 11.8 Å². The quantitative estimate of drug-likeness (QED) is 0.127. The molecule has 3 atom stereocenters. The molecule has 13 nitrogen and oxygen atoms in total. The average molecular weight is 410 g/mol. The van der Waals surface area contributed by atoms with Gasteiger partial charge >= 0.3 is 6.03 Å². The first kappa shape index (κ1) is 21.5. The smallest absolute Gasteiger partial charge is 0.332 e. The van der Waals surface area contributed by atoms with Gasteiger partial charge in [0.2, 0.25) is 0 Å². The second kappa shape index (κ2) is 10.5. The molecule has 0 saturated heterocycles. The molecule has 1 heterocycles. The van der Waals surface area contributed by atoms with Gasteiger partial charge in [0, 0.05) is 24.8 Å². The van der Waals surface area contributed by atoms with E-state index in [4.69, 9.17) is 22.6 Å². The van der Waals surface area contributed by atoms with Crippen LogP contribution in [0.1, 0.15) is 12.8 Å². The normalized spacial score (nSPS) is 24.4. The van der Waals surface area contributed by atoms with Crippen LogP contribution in [-0.2, 0) is 4.79 Å². The Labute approximate surface area is 164 Å². The number of amides is 3. The lowest BCUT2D eigenvalue weighted by molar-refractivity contribution is -0.120. The third kappa shape index (κ3) is 5.34. The van der Waals surface area contributed by atoms with E-state index >= 15 is 0 Å². The summed E-state index contributed by atoms with van der Waals surface area (Å²) in [6.07, 6.45) is 6.20. The number of carbonyl (C=O) groups excluding carboxylic acids is 2. The summed E-state index contributed by atoms with van der Waals surface area (Å²) in [5.74, 6) is 14.0. The second-order valence-electron chi connectivity index (χ2n) is 5.84. The molecule has 3 amide bonds. The minimum atomic E-state index is -0.853. The molecule has 28 heavy (non-hydrogen) atoms. The van der Waals surface area contributed by atoms with E-state index in [2.05, 4.69) is 30.4 Å². The molecule has 8 N–H and O–H groups in total. The van der Waals surface area contributed by atoms with Crippen molar-refractivity contribution in [1.29, 1.82) is 0 Å². The molecule has 0 aromatic rings. The minimum Gasteiger partial charge on any atom is -0.396 e. The zero-order chi connectivity index (χ0) is 20.5. The highest BCUT2D eigenvalue weighted by molar-refractivity contribution is 7.99. The topological polar surface area (TPSA) is 210 Å². The molecule has 0 saturated carbocycles. The van der Waals surface area contributed by atoms with E-state index < -0.39 is 23.2 Å². The fourth-order valence-corrected chi connectivity index (χ4v) is 3.71. The lowest BCUT2D eigenvalue weighted by atomic mass is 9.86. The van der Waals surface area contributed by atoms with Crippen molar-refractivity contribution in [2.24, 2.45) is 54.4 Å². The van der Waals surface area contributed by atoms with Crippen molar-refractivity contribution in [3.8, 4) is 0 Å². The van der Waals surface area contributed by atoms with Crippen molar-refractivity contribution >= 4 is 29.6 Å². The number of rotatable bonds is 7. The third-order valence-corrected chi connectivity index (χ3v) is 4.97. The van der Waals surface area contributed by atoms with Crippen molar-refractivity contribution in [3.05, 3.63) is 23.9 Å². The lowest BCUT2D eigenvalue weighted by Gasteiger charge is -2.24. The SMILES string of the molecule is NN=NC(=O)C1C(C2C=CC(N=NN)=CC2)=NSC1NC(=O)N(N)CCCO. The van der Waals surface area contributed by atoms with Crippen LogP contribution in [0.15, 0.2) is 49.0 Å². The van der Waals surface area contributed by atoms with Crippen LogP contribution in [0.2, 0.25) is 0 Å². The molecule has 3 unspecified atom stereocenters. The Hall–Kier alpha value is -2.84. The van der Waals surface area contributed by atoms with Gasteiger partial charge in [-0.05, 0) is 30.9 Å². The number of hydrogen-bond acceptors (Lipinski definition) is 9. The van der Waals surface area contributed by atoms with Gasteiger partial charge in [0.25, 0.3) is 5.91 Å². The number of aliphatic hydroxyl groups is 1. The number of allylic oxidation sites excluding steroid dienone is 3. The predicted molar refractivity (Wildman–Crippen MR) is 102 cm³/mol. The number of nitrogens with one attached hydrogen (secondary N) is 1. The largest absolute Gasteiger partial charge is 0.396 e. The fraction of sp³-hybridized carbons (Fsp3) is 0.500. The van der Waals surface area contributed by atoms with E-state index in [9.17, 15) is 9.59 Å². The van der Waals surface area contributed by atoms with Gasteiger partial charge in [0.05, 0.1) is 5.70 Å². The average Bonchev–Trinajstić information content (AvgIpc) is 3.10. The van der Waals surface area contributed by atoms with Crippen molar-refractivity contribution in [2.75, 3.05) is 13.2 Å². The van der Waals surface area contributed by atoms with Crippen molar-refractivity contribution < 1.29 is 14.7 Å². The second-order valence-corrected chi connectivity index (χ2v) is 6.74. The fourth-order valence-electron chi connectivity index (χ4n) is 2.69. The molecule has 0 fully saturated rings. The Morgan fingerprint density at radius 3 is 2.79 bits per heavy atom. The molecule has 0 aromatic heterocycles. The predicted octanol–water partition coefficient (Wildman–Crippen LogP) is -0.0624. The van der Waals surface area contributed by atoms with Crippen LogP contribution in [0.25, 0.3) is 0 Å². The zero-order valence-corrected chi connectivity index (χ0v) is 15.7. The van der Waals surface area contributed by atoms with Gasteiger partial charge in [-0.3, -0.25) is 9.80 Å². The van der Waals surface area contributed by atoms with Gasteiger partial charge in [-0.2, -0.15) is 0 Å². The Morgan fingerprint density at radius 2 is 2.18 bits per heavy atom. The number of nitrogens with two attached hydrogens (primary N) is 3. The van der Waals surface area contributed by atoms with Gasteiger partial charge in [-0.1, -0.05) is 27.7 Å². The van der Waals surface area contributed by atoms with E-state index in [1.54, 1.807) is 6.08 Å². The summed E-state index contributed by atoms with van der Waals surface area (Å²) in [6.45, 7) is 0.0564. The zero-order valence-electron chi connectivity index (χ0n) is 14.9. The number of aliphatic hydroxyl groups excluding tert-OH is 1. The van der Waals surface area contributed by atoms with E-state index in [1.165, 1.54) is 0 Å². The highest BCUT2D eigenvalue weighted by atomic mass is 32.2. The van der Waals surface area contributed by atoms with E-state index in [0.29, 0.717) is 24.3 Å². The van der Waals surface area contributed by atoms with E-state index in [-0.39, 0.29) is 19.1 Å². The molecular weight excluding hydrogens is 388 g/mol. The Balaban J connectivity index is 2.12. The molecule has 14 heteroatoms. The Morgan fingerprint density at radius 1 is 1.39 bits per heavy atom. The first-order valence-electron chi connectivity index (χ1n) is 8.33. The first-order chi connectivity index (χ1) is 13.5. The molecule has 2 rings (SSSR count). The van der Waals surface area contributed by atoms with Gasteiger partial charge in [0.1, 0.15) is 11.3 Å². The molecule has 152 valence electrons. The van der Waals surface area contributed by atoms with Crippen LogP contribution in [-0.4, -0.2) is 46.3 Å². The van der Waals surface area contributed by atoms with E-state index in [0.717, 1.165) is 17.0 Å². The van der Waals surface area contributed by atoms with Gasteiger partial charge < -0.3 is 22.1 Å². The number of nitrogens with zero attached hydrogens (tertiary/aromatic N) is 6. The van der Waals surface area contributed by atoms with Crippen LogP contribution >= 0.6 is 11.9 Å². The number of urea groups is 1. The monoisotopic (exact) mass is 410 g/mol. The minimum absolute atomic E-state index is 0.0995. The molecule has 0 radical (unpaired) electrons. The standard InChI is InChI=1S/C14H22N10O3S/c15-22-19-9-4-2-8(3-5-9)11-10(12(26)20-23-16)13(28-21-11)18-14(27)24(17)6-1-7-25/h2,4-5,8,10,13,25H,1,3,6-7,17H2,(H2,15,19)(H,18,27)(H2,16,20,26). The van der Waals surface area contributed by atoms with Gasteiger partial charge in [0.15, 0.2) is 0 Å². The molecular formula is C14H22N10O3S. The summed E-state index contributed by atoms with van der Waals surface area (Å²) in [5, 5.41) is 25.1. The lowest BCUT2D eigenvalue weighted by Crippen LogP contribution is -2.51. The molecule has 0 bridgehead atoms. The summed E-state index contributed by atoms with van der Waals surface area (Å²) < 4.78 is 4.37. The maximum atomic E-state index is 12.4. The van der Waals surface area contributed by atoms with Gasteiger partial charge in [-0.15, -0.1) is 5.11 Å². The van der Waals surface area contributed by atoms with Crippen LogP contribution < -0.4 is 22.8 Å². The van der Waals surface area contributed by atoms with E-state index in [1.807, 2.05) is 12.2 Å². The van der Waals surface area contributed by atoms with Crippen LogP contribution in [0.5, 0.6) is 0 Å². The van der Waals surface area contributed by atoms with Crippen molar-refractivity contribution in [1.82, 2.24) is 10.3 Å². The molecule has 2 aliphatic rings. The van der Waals surface area contributed by atoms with Crippen molar-refractivity contribution in [2.45, 2.75) is 18.2 Å². The number of hydrogen-bond donors (Lipinski definition) is 5. The van der Waals surface area contributed by atoms with Crippen LogP contribution in [0.3, 0.4) is 0 Å². The van der Waals surface area contributed by atoms with Crippen LogP contribution in [0.4, 0.5) is 4.79 Å². The molecule has 1 aliphatic heterocycles. The Kier molecular flexibility index (Phi) is 8.03. The Bertz CT molecular complexity index is 735. The summed E-state index contributed by atoms with van der Waals surface area (Å²) in [7, 11) is 0. The molecule has 0 spiro atoms. The maximum absolute atomic E-state index is 12.4. The first-order valence-corrected chi connectivity index (χ1v) is 9.16. The molecule has 1 aliphatic carbocycles. The number of carbonyl (C=O) groups is 2. The molecule has 0 aromatic carbocycles. The summed E-state index contributed by atoms with van der Waals surface area (Å²) in [5.41, 5.74) is 1.13. The van der Waals surface area contributed by atoms with Crippen molar-refractivity contribution in [3.63, 3.8) is 0 Å². The van der Waals surface area contributed by atoms with Gasteiger partial charge in [-0.25, -0.2) is 15.0 Å². The third-order valence-electron chi connectivity index (χ3n) is 4.03. The summed E-state index contributed by atoms with van der Waals surface area (Å²) in [4.78, 5) is 24.7.